The average Bonchev–Trinajstić information content (AvgIpc) is 2.83. The van der Waals surface area contributed by atoms with E-state index in [1.807, 2.05) is 49.4 Å². The highest BCUT2D eigenvalue weighted by Gasteiger charge is 2.24. The van der Waals surface area contributed by atoms with Crippen LogP contribution in [0.1, 0.15) is 17.4 Å². The van der Waals surface area contributed by atoms with Gasteiger partial charge in [0.05, 0.1) is 16.5 Å². The van der Waals surface area contributed by atoms with Crippen LogP contribution < -0.4 is 5.32 Å². The van der Waals surface area contributed by atoms with Crippen molar-refractivity contribution in [3.05, 3.63) is 57.2 Å². The van der Waals surface area contributed by atoms with Crippen LogP contribution in [-0.2, 0) is 12.1 Å². The first-order chi connectivity index (χ1) is 8.64. The highest BCUT2D eigenvalue weighted by molar-refractivity contribution is 7.16. The number of aliphatic hydroxyl groups is 1. The summed E-state index contributed by atoms with van der Waals surface area (Å²) in [5.74, 6) is 0. The Morgan fingerprint density at radius 3 is 2.50 bits per heavy atom. The van der Waals surface area contributed by atoms with Gasteiger partial charge in [-0.3, -0.25) is 0 Å². The molecular formula is C14H16ClNOS. The van der Waals surface area contributed by atoms with Crippen molar-refractivity contribution >= 4 is 22.9 Å². The summed E-state index contributed by atoms with van der Waals surface area (Å²) in [5.41, 5.74) is 0.646. The molecule has 2 rings (SSSR count). The van der Waals surface area contributed by atoms with Crippen LogP contribution in [0, 0.1) is 0 Å². The molecule has 0 spiro atoms. The Bertz CT molecular complexity index is 500. The van der Waals surface area contributed by atoms with Gasteiger partial charge in [0.2, 0.25) is 0 Å². The van der Waals surface area contributed by atoms with Crippen LogP contribution >= 0.6 is 22.9 Å². The molecule has 0 fully saturated rings. The molecule has 0 aliphatic carbocycles. The van der Waals surface area contributed by atoms with Crippen molar-refractivity contribution in [2.75, 3.05) is 6.61 Å². The normalized spacial score (nSPS) is 14.4. The summed E-state index contributed by atoms with van der Waals surface area (Å²) in [7, 11) is 0. The van der Waals surface area contributed by atoms with Crippen molar-refractivity contribution in [3.63, 3.8) is 0 Å². The van der Waals surface area contributed by atoms with Crippen molar-refractivity contribution in [3.8, 4) is 0 Å². The maximum Gasteiger partial charge on any atom is 0.0931 e. The van der Waals surface area contributed by atoms with E-state index in [2.05, 4.69) is 5.32 Å². The highest BCUT2D eigenvalue weighted by atomic mass is 35.5. The zero-order valence-electron chi connectivity index (χ0n) is 10.2. The van der Waals surface area contributed by atoms with E-state index in [1.54, 1.807) is 11.3 Å². The summed E-state index contributed by atoms with van der Waals surface area (Å²) in [5, 5.41) is 13.0. The molecule has 0 amide bonds. The number of thiophene rings is 1. The molecular weight excluding hydrogens is 266 g/mol. The van der Waals surface area contributed by atoms with Crippen molar-refractivity contribution in [2.45, 2.75) is 19.0 Å². The van der Waals surface area contributed by atoms with Gasteiger partial charge in [-0.2, -0.15) is 0 Å². The second-order valence-corrected chi connectivity index (χ2v) is 6.22. The number of hydrogen-bond acceptors (Lipinski definition) is 3. The van der Waals surface area contributed by atoms with E-state index in [4.69, 9.17) is 11.6 Å². The number of benzene rings is 1. The topological polar surface area (TPSA) is 32.3 Å². The summed E-state index contributed by atoms with van der Waals surface area (Å²) >= 11 is 7.46. The van der Waals surface area contributed by atoms with Crippen LogP contribution in [0.2, 0.25) is 4.34 Å². The van der Waals surface area contributed by atoms with Crippen molar-refractivity contribution in [2.24, 2.45) is 0 Å². The van der Waals surface area contributed by atoms with Gasteiger partial charge in [0, 0.05) is 11.4 Å². The SMILES string of the molecule is CC(CO)(NCc1ccc(Cl)s1)c1ccccc1. The Morgan fingerprint density at radius 1 is 1.22 bits per heavy atom. The Balaban J connectivity index is 2.09. The maximum absolute atomic E-state index is 9.64. The average molecular weight is 282 g/mol. The van der Waals surface area contributed by atoms with E-state index >= 15 is 0 Å². The summed E-state index contributed by atoms with van der Waals surface area (Å²) < 4.78 is 0.789. The Kier molecular flexibility index (Phi) is 4.40. The molecule has 0 aliphatic rings. The number of aliphatic hydroxyl groups excluding tert-OH is 1. The van der Waals surface area contributed by atoms with Crippen LogP contribution in [0.4, 0.5) is 0 Å². The lowest BCUT2D eigenvalue weighted by molar-refractivity contribution is 0.174. The molecule has 2 nitrogen and oxygen atoms in total. The minimum Gasteiger partial charge on any atom is -0.394 e. The molecule has 4 heteroatoms. The third-order valence-corrected chi connectivity index (χ3v) is 4.24. The molecule has 1 unspecified atom stereocenters. The Morgan fingerprint density at radius 2 is 1.94 bits per heavy atom. The highest BCUT2D eigenvalue weighted by Crippen LogP contribution is 2.24. The number of halogens is 1. The molecule has 0 saturated carbocycles. The predicted octanol–water partition coefficient (Wildman–Crippen LogP) is 3.40. The quantitative estimate of drug-likeness (QED) is 0.880. The van der Waals surface area contributed by atoms with Crippen molar-refractivity contribution in [1.82, 2.24) is 5.32 Å². The van der Waals surface area contributed by atoms with Gasteiger partial charge in [0.25, 0.3) is 0 Å². The molecule has 1 aromatic heterocycles. The van der Waals surface area contributed by atoms with Gasteiger partial charge in [0.1, 0.15) is 0 Å². The lowest BCUT2D eigenvalue weighted by Crippen LogP contribution is -2.42. The Labute approximate surface area is 116 Å². The van der Waals surface area contributed by atoms with Crippen LogP contribution in [0.25, 0.3) is 0 Å². The molecule has 18 heavy (non-hydrogen) atoms. The molecule has 2 aromatic rings. The summed E-state index contributed by atoms with van der Waals surface area (Å²) in [6, 6.07) is 13.9. The van der Waals surface area contributed by atoms with E-state index < -0.39 is 5.54 Å². The van der Waals surface area contributed by atoms with Gasteiger partial charge in [0.15, 0.2) is 0 Å². The van der Waals surface area contributed by atoms with E-state index in [1.165, 1.54) is 0 Å². The summed E-state index contributed by atoms with van der Waals surface area (Å²) in [6.07, 6.45) is 0. The zero-order valence-corrected chi connectivity index (χ0v) is 11.8. The molecule has 1 aromatic carbocycles. The zero-order chi connectivity index (χ0) is 13.0. The fourth-order valence-corrected chi connectivity index (χ4v) is 2.81. The minimum atomic E-state index is -0.433. The fourth-order valence-electron chi connectivity index (χ4n) is 1.78. The van der Waals surface area contributed by atoms with Gasteiger partial charge >= 0.3 is 0 Å². The van der Waals surface area contributed by atoms with Crippen LogP contribution in [-0.4, -0.2) is 11.7 Å². The van der Waals surface area contributed by atoms with Crippen LogP contribution in [0.5, 0.6) is 0 Å². The van der Waals surface area contributed by atoms with E-state index in [-0.39, 0.29) is 6.61 Å². The molecule has 2 N–H and O–H groups in total. The predicted molar refractivity (Wildman–Crippen MR) is 77.0 cm³/mol. The largest absolute Gasteiger partial charge is 0.394 e. The third kappa shape index (κ3) is 3.12. The number of hydrogen-bond donors (Lipinski definition) is 2. The molecule has 1 heterocycles. The van der Waals surface area contributed by atoms with E-state index in [0.29, 0.717) is 6.54 Å². The second-order valence-electron chi connectivity index (χ2n) is 4.42. The Hall–Kier alpha value is -0.870. The molecule has 0 bridgehead atoms. The van der Waals surface area contributed by atoms with Gasteiger partial charge in [-0.25, -0.2) is 0 Å². The van der Waals surface area contributed by atoms with Crippen molar-refractivity contribution in [1.29, 1.82) is 0 Å². The second kappa shape index (κ2) is 5.85. The number of rotatable bonds is 5. The first kappa shape index (κ1) is 13.6. The van der Waals surface area contributed by atoms with Crippen molar-refractivity contribution < 1.29 is 5.11 Å². The number of nitrogens with one attached hydrogen (secondary N) is 1. The summed E-state index contributed by atoms with van der Waals surface area (Å²) in [6.45, 7) is 2.75. The van der Waals surface area contributed by atoms with Gasteiger partial charge in [-0.1, -0.05) is 41.9 Å². The first-order valence-electron chi connectivity index (χ1n) is 5.80. The fraction of sp³-hybridized carbons (Fsp3) is 0.286. The van der Waals surface area contributed by atoms with Crippen LogP contribution in [0.15, 0.2) is 42.5 Å². The standard InChI is InChI=1S/C14H16ClNOS/c1-14(10-17,11-5-3-2-4-6-11)16-9-12-7-8-13(15)18-12/h2-8,16-17H,9-10H2,1H3. The molecule has 96 valence electrons. The van der Waals surface area contributed by atoms with Gasteiger partial charge < -0.3 is 10.4 Å². The summed E-state index contributed by atoms with van der Waals surface area (Å²) in [4.78, 5) is 1.16. The smallest absolute Gasteiger partial charge is 0.0931 e. The van der Waals surface area contributed by atoms with E-state index in [0.717, 1.165) is 14.8 Å². The minimum absolute atomic E-state index is 0.0517. The molecule has 0 saturated heterocycles. The first-order valence-corrected chi connectivity index (χ1v) is 6.99. The lowest BCUT2D eigenvalue weighted by atomic mass is 9.93. The van der Waals surface area contributed by atoms with Gasteiger partial charge in [-0.05, 0) is 24.6 Å². The lowest BCUT2D eigenvalue weighted by Gasteiger charge is -2.29. The molecule has 0 aliphatic heterocycles. The van der Waals surface area contributed by atoms with Crippen LogP contribution in [0.3, 0.4) is 0 Å². The van der Waals surface area contributed by atoms with Gasteiger partial charge in [-0.15, -0.1) is 11.3 Å². The third-order valence-electron chi connectivity index (χ3n) is 3.01. The maximum atomic E-state index is 9.64. The molecule has 0 radical (unpaired) electrons. The van der Waals surface area contributed by atoms with E-state index in [9.17, 15) is 5.11 Å². The monoisotopic (exact) mass is 281 g/mol. The molecule has 1 atom stereocenters.